The van der Waals surface area contributed by atoms with Gasteiger partial charge in [0.15, 0.2) is 5.96 Å². The van der Waals surface area contributed by atoms with Crippen molar-refractivity contribution in [2.75, 3.05) is 40.0 Å². The average Bonchev–Trinajstić information content (AvgIpc) is 3.08. The number of aliphatic hydroxyl groups excluding tert-OH is 1. The Morgan fingerprint density at radius 1 is 1.16 bits per heavy atom. The third-order valence-corrected chi connectivity index (χ3v) is 5.88. The summed E-state index contributed by atoms with van der Waals surface area (Å²) in [4.78, 5) is 4.77. The Morgan fingerprint density at radius 2 is 1.80 bits per heavy atom. The van der Waals surface area contributed by atoms with Crippen LogP contribution in [0.4, 0.5) is 0 Å². The van der Waals surface area contributed by atoms with E-state index in [1.807, 2.05) is 0 Å². The molecule has 0 heterocycles. The molecule has 0 spiro atoms. The van der Waals surface area contributed by atoms with Crippen molar-refractivity contribution >= 4 is 29.9 Å². The summed E-state index contributed by atoms with van der Waals surface area (Å²) in [5, 5.41) is 16.6. The van der Waals surface area contributed by atoms with Crippen LogP contribution in [0.3, 0.4) is 0 Å². The lowest BCUT2D eigenvalue weighted by atomic mass is 9.83. The van der Waals surface area contributed by atoms with E-state index in [0.29, 0.717) is 12.0 Å². The van der Waals surface area contributed by atoms with E-state index in [9.17, 15) is 5.11 Å². The van der Waals surface area contributed by atoms with Crippen molar-refractivity contribution in [1.82, 2.24) is 10.6 Å². The number of rotatable bonds is 11. The van der Waals surface area contributed by atoms with E-state index in [0.717, 1.165) is 44.9 Å². The third-order valence-electron chi connectivity index (χ3n) is 5.88. The first kappa shape index (κ1) is 24.9. The molecule has 0 aromatic carbocycles. The van der Waals surface area contributed by atoms with Gasteiger partial charge in [0.2, 0.25) is 0 Å². The molecule has 0 radical (unpaired) electrons. The van der Waals surface area contributed by atoms with Gasteiger partial charge in [-0.05, 0) is 44.4 Å². The number of nitrogens with zero attached hydrogens (tertiary/aromatic N) is 1. The minimum Gasteiger partial charge on any atom is -0.396 e. The Balaban J connectivity index is 0.00000576. The van der Waals surface area contributed by atoms with Gasteiger partial charge < -0.3 is 20.5 Å². The number of hydrogen-bond acceptors (Lipinski definition) is 3. The fraction of sp³-hybridized carbons (Fsp3) is 0.947. The summed E-state index contributed by atoms with van der Waals surface area (Å²) >= 11 is 0. The third kappa shape index (κ3) is 7.99. The van der Waals surface area contributed by atoms with Crippen LogP contribution in [0.15, 0.2) is 4.99 Å². The second kappa shape index (κ2) is 13.1. The highest BCUT2D eigenvalue weighted by molar-refractivity contribution is 14.0. The summed E-state index contributed by atoms with van der Waals surface area (Å²) in [6.07, 6.45) is 8.18. The monoisotopic (exact) mass is 469 g/mol. The van der Waals surface area contributed by atoms with Gasteiger partial charge in [-0.1, -0.05) is 26.7 Å². The van der Waals surface area contributed by atoms with Crippen molar-refractivity contribution in [3.05, 3.63) is 0 Å². The van der Waals surface area contributed by atoms with E-state index in [1.165, 1.54) is 25.7 Å². The first-order valence-corrected chi connectivity index (χ1v) is 9.71. The fourth-order valence-electron chi connectivity index (χ4n) is 3.57. The summed E-state index contributed by atoms with van der Waals surface area (Å²) in [6.45, 7) is 9.84. The van der Waals surface area contributed by atoms with Gasteiger partial charge in [0.05, 0.1) is 13.2 Å². The first-order chi connectivity index (χ1) is 11.6. The van der Waals surface area contributed by atoms with E-state index in [1.54, 1.807) is 7.11 Å². The highest BCUT2D eigenvalue weighted by atomic mass is 127. The van der Waals surface area contributed by atoms with E-state index < -0.39 is 0 Å². The second-order valence-corrected chi connectivity index (χ2v) is 7.36. The van der Waals surface area contributed by atoms with Crippen LogP contribution in [-0.4, -0.2) is 51.0 Å². The Hall–Kier alpha value is -0.0800. The van der Waals surface area contributed by atoms with Gasteiger partial charge in [0.1, 0.15) is 0 Å². The van der Waals surface area contributed by atoms with Crippen LogP contribution in [0.5, 0.6) is 0 Å². The van der Waals surface area contributed by atoms with Crippen LogP contribution in [0.25, 0.3) is 0 Å². The molecule has 0 bridgehead atoms. The second-order valence-electron chi connectivity index (χ2n) is 7.36. The van der Waals surface area contributed by atoms with Crippen molar-refractivity contribution in [1.29, 1.82) is 0 Å². The number of hydrogen-bond donors (Lipinski definition) is 3. The first-order valence-electron chi connectivity index (χ1n) is 9.71. The summed E-state index contributed by atoms with van der Waals surface area (Å²) < 4.78 is 5.32. The molecule has 6 heteroatoms. The van der Waals surface area contributed by atoms with Crippen molar-refractivity contribution in [2.45, 2.75) is 65.7 Å². The van der Waals surface area contributed by atoms with Gasteiger partial charge in [-0.2, -0.15) is 0 Å². The molecule has 1 aliphatic rings. The van der Waals surface area contributed by atoms with Gasteiger partial charge in [0.25, 0.3) is 0 Å². The highest BCUT2D eigenvalue weighted by Gasteiger charge is 2.33. The number of methoxy groups -OCH3 is 1. The Labute approximate surface area is 171 Å². The van der Waals surface area contributed by atoms with Crippen molar-refractivity contribution in [3.63, 3.8) is 0 Å². The normalized spacial score (nSPS) is 17.2. The van der Waals surface area contributed by atoms with E-state index in [4.69, 9.17) is 9.73 Å². The van der Waals surface area contributed by atoms with Crippen LogP contribution in [-0.2, 0) is 4.74 Å². The van der Waals surface area contributed by atoms with Crippen molar-refractivity contribution in [2.24, 2.45) is 15.8 Å². The summed E-state index contributed by atoms with van der Waals surface area (Å²) in [7, 11) is 1.78. The SMILES string of the molecule is CCNC(=NCC(CC)(CC)CO)NCC1(CCOC)CCCC1.I. The van der Waals surface area contributed by atoms with Crippen LogP contribution >= 0.6 is 24.0 Å². The molecule has 1 fully saturated rings. The number of ether oxygens (including phenoxy) is 1. The maximum Gasteiger partial charge on any atom is 0.191 e. The van der Waals surface area contributed by atoms with Crippen LogP contribution in [0, 0.1) is 10.8 Å². The van der Waals surface area contributed by atoms with Gasteiger partial charge in [-0.15, -0.1) is 24.0 Å². The van der Waals surface area contributed by atoms with Crippen molar-refractivity contribution < 1.29 is 9.84 Å². The predicted molar refractivity (Wildman–Crippen MR) is 117 cm³/mol. The van der Waals surface area contributed by atoms with E-state index in [-0.39, 0.29) is 36.0 Å². The van der Waals surface area contributed by atoms with E-state index in [2.05, 4.69) is 31.4 Å². The molecule has 1 saturated carbocycles. The predicted octanol–water partition coefficient (Wildman–Crippen LogP) is 3.56. The molecule has 1 rings (SSSR count). The fourth-order valence-corrected chi connectivity index (χ4v) is 3.57. The molecule has 0 aromatic rings. The lowest BCUT2D eigenvalue weighted by Gasteiger charge is -2.31. The smallest absolute Gasteiger partial charge is 0.191 e. The molecule has 3 N–H and O–H groups in total. The topological polar surface area (TPSA) is 65.9 Å². The zero-order valence-corrected chi connectivity index (χ0v) is 19.0. The highest BCUT2D eigenvalue weighted by Crippen LogP contribution is 2.40. The lowest BCUT2D eigenvalue weighted by molar-refractivity contribution is 0.123. The number of guanidine groups is 1. The number of aliphatic hydroxyl groups is 1. The van der Waals surface area contributed by atoms with Gasteiger partial charge in [-0.25, -0.2) is 0 Å². The number of aliphatic imine (C=N–C) groups is 1. The molecule has 0 unspecified atom stereocenters. The quantitative estimate of drug-likeness (QED) is 0.246. The molecule has 1 aliphatic carbocycles. The molecule has 25 heavy (non-hydrogen) atoms. The molecule has 0 amide bonds. The van der Waals surface area contributed by atoms with Crippen LogP contribution < -0.4 is 10.6 Å². The molecular weight excluding hydrogens is 429 g/mol. The van der Waals surface area contributed by atoms with Gasteiger partial charge >= 0.3 is 0 Å². The molecule has 0 saturated heterocycles. The zero-order chi connectivity index (χ0) is 17.9. The molecule has 0 aliphatic heterocycles. The average molecular weight is 469 g/mol. The minimum atomic E-state index is -0.0938. The Morgan fingerprint density at radius 3 is 2.28 bits per heavy atom. The summed E-state index contributed by atoms with van der Waals surface area (Å²) in [5.74, 6) is 0.876. The van der Waals surface area contributed by atoms with Crippen molar-refractivity contribution in [3.8, 4) is 0 Å². The Bertz CT molecular complexity index is 359. The lowest BCUT2D eigenvalue weighted by Crippen LogP contribution is -2.44. The maximum atomic E-state index is 9.74. The molecule has 0 atom stereocenters. The molecular formula is C19H40IN3O2. The largest absolute Gasteiger partial charge is 0.396 e. The number of nitrogens with one attached hydrogen (secondary N) is 2. The van der Waals surface area contributed by atoms with Gasteiger partial charge in [0, 0.05) is 32.2 Å². The summed E-state index contributed by atoms with van der Waals surface area (Å²) in [6, 6.07) is 0. The van der Waals surface area contributed by atoms with Crippen LogP contribution in [0.2, 0.25) is 0 Å². The molecule has 150 valence electrons. The summed E-state index contributed by atoms with van der Waals surface area (Å²) in [5.41, 5.74) is 0.249. The standard InChI is InChI=1S/C19H39N3O2.HI/c1-5-18(6-2,16-23)14-21-17(20-7-3)22-15-19(12-13-24-4)10-8-9-11-19;/h23H,5-16H2,1-4H3,(H2,20,21,22);1H. The maximum absolute atomic E-state index is 9.74. The van der Waals surface area contributed by atoms with Gasteiger partial charge in [-0.3, -0.25) is 4.99 Å². The minimum absolute atomic E-state index is 0. The molecule has 0 aromatic heterocycles. The molecule has 5 nitrogen and oxygen atoms in total. The van der Waals surface area contributed by atoms with Crippen LogP contribution in [0.1, 0.15) is 65.7 Å². The number of halogens is 1. The Kier molecular flexibility index (Phi) is 13.1. The van der Waals surface area contributed by atoms with E-state index >= 15 is 0 Å². The zero-order valence-electron chi connectivity index (χ0n) is 16.7.